The molecule has 0 aliphatic carbocycles. The number of allylic oxidation sites excluding steroid dienone is 1. The van der Waals surface area contributed by atoms with Gasteiger partial charge in [-0.15, -0.1) is 0 Å². The maximum absolute atomic E-state index is 11.5. The standard InChI is InChI=1S/C39H53N5O3.2C2H6/c1-5-29-10-7-11-30-12-8-13-35(37(29)30)42-21-17-34(27(3)22-42)38(43-23-31-14-15-32(24-43)40-31)41-36(6-2)47-26-39-18-9-20-44(39)33(16-19-39)25-46-28(4)45;2*1-2/h6-8,10-13,31-33,40H,5,9,14-26H2,1-4H3;2*1-2H3/b36-6-,41-38+;;/t31?,32?,33-,39?;;/m1../s1. The average Bonchev–Trinajstić information content (AvgIpc) is 3.84. The van der Waals surface area contributed by atoms with Crippen molar-refractivity contribution in [2.24, 2.45) is 4.99 Å². The van der Waals surface area contributed by atoms with E-state index in [9.17, 15) is 4.79 Å². The number of fused-ring (bicyclic) bond motifs is 4. The number of hydrogen-bond donors (Lipinski definition) is 1. The van der Waals surface area contributed by atoms with Gasteiger partial charge < -0.3 is 24.6 Å². The summed E-state index contributed by atoms with van der Waals surface area (Å²) in [5.74, 6) is 1.64. The Kier molecular flexibility index (Phi) is 13.7. The Morgan fingerprint density at radius 3 is 2.39 bits per heavy atom. The number of hydrogen-bond acceptors (Lipinski definition) is 7. The van der Waals surface area contributed by atoms with Crippen molar-refractivity contribution < 1.29 is 14.3 Å². The van der Waals surface area contributed by atoms with Crippen LogP contribution in [0.3, 0.4) is 0 Å². The van der Waals surface area contributed by atoms with Crippen LogP contribution >= 0.6 is 0 Å². The third-order valence-electron chi connectivity index (χ3n) is 11.5. The number of piperazine rings is 1. The maximum atomic E-state index is 11.5. The molecule has 5 heterocycles. The van der Waals surface area contributed by atoms with Crippen LogP contribution in [0.4, 0.5) is 5.69 Å². The Bertz CT molecular complexity index is 1570. The third-order valence-corrected chi connectivity index (χ3v) is 11.5. The molecule has 5 aliphatic heterocycles. The summed E-state index contributed by atoms with van der Waals surface area (Å²) in [5, 5.41) is 6.54. The van der Waals surface area contributed by atoms with Crippen molar-refractivity contribution in [1.82, 2.24) is 15.1 Å². The summed E-state index contributed by atoms with van der Waals surface area (Å²) >= 11 is 0. The number of nitrogens with one attached hydrogen (secondary N) is 1. The molecule has 0 amide bonds. The fraction of sp³-hybridized carbons (Fsp3) is 0.628. The molecule has 1 N–H and O–H groups in total. The summed E-state index contributed by atoms with van der Waals surface area (Å²) in [6.45, 7) is 22.1. The zero-order valence-electron chi connectivity index (χ0n) is 32.9. The number of likely N-dealkylation sites (tertiary alicyclic amines) is 1. The highest BCUT2D eigenvalue weighted by Gasteiger charge is 2.50. The van der Waals surface area contributed by atoms with Gasteiger partial charge in [0.15, 0.2) is 0 Å². The van der Waals surface area contributed by atoms with E-state index >= 15 is 0 Å². The van der Waals surface area contributed by atoms with Gasteiger partial charge in [-0.3, -0.25) is 9.69 Å². The van der Waals surface area contributed by atoms with Crippen LogP contribution in [0.25, 0.3) is 10.8 Å². The SMILES string of the molecule is C/C=C(/N=C(\C1=C(C)CN(c2cccc3cccc(CC)c23)CC1)N1CC2CCC(C1)N2)OCC12CCCN1[C@@H](COC(C)=O)CC2.CC.CC. The van der Waals surface area contributed by atoms with Gasteiger partial charge in [-0.05, 0) is 106 Å². The van der Waals surface area contributed by atoms with E-state index in [1.54, 1.807) is 0 Å². The first-order valence-corrected chi connectivity index (χ1v) is 20.1. The zero-order chi connectivity index (χ0) is 36.5. The monoisotopic (exact) mass is 700 g/mol. The lowest BCUT2D eigenvalue weighted by molar-refractivity contribution is -0.142. The highest BCUT2D eigenvalue weighted by atomic mass is 16.5. The topological polar surface area (TPSA) is 69.6 Å². The molecule has 0 aromatic heterocycles. The molecule has 4 saturated heterocycles. The van der Waals surface area contributed by atoms with Crippen LogP contribution in [0.5, 0.6) is 0 Å². The molecular weight excluding hydrogens is 635 g/mol. The van der Waals surface area contributed by atoms with E-state index in [1.807, 2.05) is 33.8 Å². The van der Waals surface area contributed by atoms with Crippen LogP contribution in [-0.4, -0.2) is 91.2 Å². The van der Waals surface area contributed by atoms with Gasteiger partial charge in [0.1, 0.15) is 19.0 Å². The Labute approximate surface area is 308 Å². The third kappa shape index (κ3) is 8.49. The molecule has 5 aliphatic rings. The van der Waals surface area contributed by atoms with Crippen molar-refractivity contribution in [3.8, 4) is 0 Å². The van der Waals surface area contributed by atoms with Crippen molar-refractivity contribution in [1.29, 1.82) is 0 Å². The number of rotatable bonds is 9. The second-order valence-corrected chi connectivity index (χ2v) is 14.5. The predicted molar refractivity (Wildman–Crippen MR) is 213 cm³/mol. The van der Waals surface area contributed by atoms with Gasteiger partial charge in [-0.1, -0.05) is 65.0 Å². The largest absolute Gasteiger partial charge is 0.476 e. The lowest BCUT2D eigenvalue weighted by Crippen LogP contribution is -2.54. The molecule has 4 atom stereocenters. The Hall–Kier alpha value is -3.36. The first-order valence-electron chi connectivity index (χ1n) is 20.1. The van der Waals surface area contributed by atoms with Crippen LogP contribution in [-0.2, 0) is 20.7 Å². The highest BCUT2D eigenvalue weighted by molar-refractivity contribution is 6.01. The summed E-state index contributed by atoms with van der Waals surface area (Å²) in [6, 6.07) is 14.8. The minimum atomic E-state index is -0.198. The number of benzene rings is 2. The summed E-state index contributed by atoms with van der Waals surface area (Å²) in [7, 11) is 0. The van der Waals surface area contributed by atoms with Crippen LogP contribution in [0.1, 0.15) is 106 Å². The first kappa shape index (κ1) is 38.9. The molecule has 51 heavy (non-hydrogen) atoms. The van der Waals surface area contributed by atoms with E-state index in [1.165, 1.54) is 52.9 Å². The van der Waals surface area contributed by atoms with Gasteiger partial charge >= 0.3 is 5.97 Å². The zero-order valence-corrected chi connectivity index (χ0v) is 32.9. The van der Waals surface area contributed by atoms with Crippen LogP contribution in [0.15, 0.2) is 64.5 Å². The normalized spacial score (nSPS) is 26.4. The van der Waals surface area contributed by atoms with E-state index in [0.717, 1.165) is 83.0 Å². The molecule has 0 spiro atoms. The van der Waals surface area contributed by atoms with Gasteiger partial charge in [-0.25, -0.2) is 0 Å². The molecule has 2 bridgehead atoms. The summed E-state index contributed by atoms with van der Waals surface area (Å²) < 4.78 is 12.1. The molecule has 8 heteroatoms. The highest BCUT2D eigenvalue weighted by Crippen LogP contribution is 2.43. The number of amidine groups is 1. The lowest BCUT2D eigenvalue weighted by atomic mass is 9.95. The molecule has 0 radical (unpaired) electrons. The van der Waals surface area contributed by atoms with E-state index in [4.69, 9.17) is 14.5 Å². The van der Waals surface area contributed by atoms with E-state index in [0.29, 0.717) is 25.3 Å². The number of carbonyl (C=O) groups excluding carboxylic acids is 1. The Morgan fingerprint density at radius 1 is 1.00 bits per heavy atom. The minimum absolute atomic E-state index is 0.000758. The van der Waals surface area contributed by atoms with Crippen molar-refractivity contribution >= 4 is 28.3 Å². The summed E-state index contributed by atoms with van der Waals surface area (Å²) in [5.41, 5.74) is 5.54. The molecule has 0 saturated carbocycles. The first-order chi connectivity index (χ1) is 24.9. The van der Waals surface area contributed by atoms with Gasteiger partial charge in [-0.2, -0.15) is 4.99 Å². The molecule has 8 nitrogen and oxygen atoms in total. The molecule has 7 rings (SSSR count). The van der Waals surface area contributed by atoms with E-state index in [2.05, 4.69) is 77.2 Å². The Balaban J connectivity index is 0.00000122. The number of nitrogens with zero attached hydrogens (tertiary/aromatic N) is 4. The second-order valence-electron chi connectivity index (χ2n) is 14.5. The number of carbonyl (C=O) groups is 1. The van der Waals surface area contributed by atoms with Gasteiger partial charge in [0, 0.05) is 62.3 Å². The molecule has 2 aromatic carbocycles. The smallest absolute Gasteiger partial charge is 0.302 e. The predicted octanol–water partition coefficient (Wildman–Crippen LogP) is 8.25. The molecular formula is C43H65N5O3. The van der Waals surface area contributed by atoms with Gasteiger partial charge in [0.2, 0.25) is 5.88 Å². The summed E-state index contributed by atoms with van der Waals surface area (Å²) in [4.78, 5) is 24.6. The number of esters is 1. The quantitative estimate of drug-likeness (QED) is 0.122. The van der Waals surface area contributed by atoms with Crippen LogP contribution < -0.4 is 10.2 Å². The summed E-state index contributed by atoms with van der Waals surface area (Å²) in [6.07, 6.45) is 10.9. The number of ether oxygens (including phenoxy) is 2. The van der Waals surface area contributed by atoms with Crippen molar-refractivity contribution in [2.75, 3.05) is 50.8 Å². The van der Waals surface area contributed by atoms with Crippen LogP contribution in [0, 0.1) is 0 Å². The van der Waals surface area contributed by atoms with Crippen LogP contribution in [0.2, 0.25) is 0 Å². The minimum Gasteiger partial charge on any atom is -0.476 e. The van der Waals surface area contributed by atoms with E-state index in [-0.39, 0.29) is 17.6 Å². The van der Waals surface area contributed by atoms with Gasteiger partial charge in [0.05, 0.1) is 5.54 Å². The number of aliphatic imine (C=N–C) groups is 1. The molecule has 4 fully saturated rings. The van der Waals surface area contributed by atoms with Crippen molar-refractivity contribution in [3.63, 3.8) is 0 Å². The van der Waals surface area contributed by atoms with Crippen molar-refractivity contribution in [3.05, 3.63) is 65.1 Å². The fourth-order valence-electron chi connectivity index (χ4n) is 9.18. The van der Waals surface area contributed by atoms with Gasteiger partial charge in [0.25, 0.3) is 0 Å². The number of anilines is 1. The van der Waals surface area contributed by atoms with E-state index < -0.39 is 0 Å². The van der Waals surface area contributed by atoms with Crippen molar-refractivity contribution in [2.45, 2.75) is 130 Å². The molecule has 280 valence electrons. The Morgan fingerprint density at radius 2 is 1.73 bits per heavy atom. The fourth-order valence-corrected chi connectivity index (χ4v) is 9.18. The molecule has 3 unspecified atom stereocenters. The maximum Gasteiger partial charge on any atom is 0.302 e. The molecule has 2 aromatic rings. The lowest BCUT2D eigenvalue weighted by Gasteiger charge is -2.39. The average molecular weight is 700 g/mol. The second kappa shape index (κ2) is 17.9. The number of aryl methyl sites for hydroxylation is 1.